The van der Waals surface area contributed by atoms with Crippen LogP contribution in [0.3, 0.4) is 0 Å². The molecule has 4 rings (SSSR count). The van der Waals surface area contributed by atoms with Crippen LogP contribution in [0.25, 0.3) is 11.8 Å². The highest BCUT2D eigenvalue weighted by Crippen LogP contribution is 2.26. The van der Waals surface area contributed by atoms with E-state index in [1.807, 2.05) is 63.2 Å². The van der Waals surface area contributed by atoms with Gasteiger partial charge in [-0.1, -0.05) is 30.3 Å². The number of carbonyl (C=O) groups is 3. The van der Waals surface area contributed by atoms with Crippen LogP contribution in [0.1, 0.15) is 22.5 Å². The Labute approximate surface area is 174 Å². The van der Waals surface area contributed by atoms with Crippen molar-refractivity contribution in [2.45, 2.75) is 20.8 Å². The summed E-state index contributed by atoms with van der Waals surface area (Å²) in [7, 11) is 0. The van der Waals surface area contributed by atoms with Crippen LogP contribution in [0, 0.1) is 20.8 Å². The minimum Gasteiger partial charge on any atom is -0.318 e. The lowest BCUT2D eigenvalue weighted by atomic mass is 10.1. The van der Waals surface area contributed by atoms with Gasteiger partial charge in [-0.3, -0.25) is 14.9 Å². The molecule has 4 amide bonds. The SMILES string of the molecule is Cc1cccc(N2C(=O)NC(=O)/C(=C\c3cc(C)n(-c4ccccc4)c3C)C2=O)c1. The number of amides is 4. The quantitative estimate of drug-likeness (QED) is 0.533. The van der Waals surface area contributed by atoms with Crippen LogP contribution in [0.4, 0.5) is 10.5 Å². The summed E-state index contributed by atoms with van der Waals surface area (Å²) in [6, 6.07) is 18.0. The molecule has 0 aliphatic carbocycles. The normalized spacial score (nSPS) is 15.6. The average Bonchev–Trinajstić information content (AvgIpc) is 2.99. The van der Waals surface area contributed by atoms with E-state index in [1.165, 1.54) is 0 Å². The molecule has 0 radical (unpaired) electrons. The van der Waals surface area contributed by atoms with Crippen molar-refractivity contribution in [3.8, 4) is 5.69 Å². The van der Waals surface area contributed by atoms with Crippen LogP contribution in [0.15, 0.2) is 66.2 Å². The molecule has 2 heterocycles. The smallest absolute Gasteiger partial charge is 0.318 e. The Bertz CT molecular complexity index is 1210. The van der Waals surface area contributed by atoms with Gasteiger partial charge in [0.15, 0.2) is 0 Å². The third-order valence-corrected chi connectivity index (χ3v) is 5.15. The van der Waals surface area contributed by atoms with Crippen LogP contribution in [-0.4, -0.2) is 22.4 Å². The molecule has 6 heteroatoms. The molecule has 30 heavy (non-hydrogen) atoms. The van der Waals surface area contributed by atoms with Crippen molar-refractivity contribution in [3.05, 3.63) is 88.8 Å². The lowest BCUT2D eigenvalue weighted by Gasteiger charge is -2.26. The van der Waals surface area contributed by atoms with Gasteiger partial charge in [-0.05, 0) is 68.3 Å². The Morgan fingerprint density at radius 3 is 2.23 bits per heavy atom. The number of urea groups is 1. The molecule has 6 nitrogen and oxygen atoms in total. The molecule has 1 saturated heterocycles. The maximum atomic E-state index is 13.1. The zero-order valence-electron chi connectivity index (χ0n) is 17.0. The minimum atomic E-state index is -0.748. The van der Waals surface area contributed by atoms with Crippen LogP contribution in [-0.2, 0) is 9.59 Å². The Morgan fingerprint density at radius 1 is 0.833 bits per heavy atom. The molecule has 1 aliphatic rings. The average molecular weight is 399 g/mol. The number of aryl methyl sites for hydroxylation is 2. The maximum absolute atomic E-state index is 13.1. The first-order chi connectivity index (χ1) is 14.4. The largest absolute Gasteiger partial charge is 0.335 e. The Kier molecular flexibility index (Phi) is 4.83. The summed E-state index contributed by atoms with van der Waals surface area (Å²) in [4.78, 5) is 39.0. The van der Waals surface area contributed by atoms with Crippen molar-refractivity contribution in [2.24, 2.45) is 0 Å². The van der Waals surface area contributed by atoms with E-state index in [4.69, 9.17) is 0 Å². The lowest BCUT2D eigenvalue weighted by molar-refractivity contribution is -0.122. The fourth-order valence-electron chi connectivity index (χ4n) is 3.72. The molecule has 3 aromatic rings. The first-order valence-electron chi connectivity index (χ1n) is 9.59. The molecule has 0 saturated carbocycles. The summed E-state index contributed by atoms with van der Waals surface area (Å²) in [5.41, 5.74) is 4.85. The highest BCUT2D eigenvalue weighted by Gasteiger charge is 2.37. The molecular weight excluding hydrogens is 378 g/mol. The Hall–Kier alpha value is -3.93. The second kappa shape index (κ2) is 7.48. The van der Waals surface area contributed by atoms with E-state index in [2.05, 4.69) is 9.88 Å². The van der Waals surface area contributed by atoms with Crippen LogP contribution < -0.4 is 10.2 Å². The Morgan fingerprint density at radius 2 is 1.53 bits per heavy atom. The predicted octanol–water partition coefficient (Wildman–Crippen LogP) is 4.07. The molecule has 2 aromatic carbocycles. The first kappa shape index (κ1) is 19.4. The topological polar surface area (TPSA) is 71.4 Å². The molecule has 0 bridgehead atoms. The number of rotatable bonds is 3. The molecule has 1 N–H and O–H groups in total. The van der Waals surface area contributed by atoms with Crippen molar-refractivity contribution in [1.82, 2.24) is 9.88 Å². The van der Waals surface area contributed by atoms with E-state index in [0.717, 1.165) is 33.1 Å². The second-order valence-electron chi connectivity index (χ2n) is 7.29. The van der Waals surface area contributed by atoms with Gasteiger partial charge >= 0.3 is 6.03 Å². The summed E-state index contributed by atoms with van der Waals surface area (Å²) in [6.07, 6.45) is 1.55. The van der Waals surface area contributed by atoms with Gasteiger partial charge in [-0.2, -0.15) is 0 Å². The number of carbonyl (C=O) groups excluding carboxylic acids is 3. The molecule has 0 spiro atoms. The summed E-state index contributed by atoms with van der Waals surface area (Å²) in [5, 5.41) is 2.27. The number of imide groups is 2. The maximum Gasteiger partial charge on any atom is 0.335 e. The summed E-state index contributed by atoms with van der Waals surface area (Å²) in [6.45, 7) is 5.77. The molecule has 1 aliphatic heterocycles. The van der Waals surface area contributed by atoms with Gasteiger partial charge in [0, 0.05) is 17.1 Å². The van der Waals surface area contributed by atoms with E-state index in [-0.39, 0.29) is 5.57 Å². The van der Waals surface area contributed by atoms with Crippen LogP contribution in [0.2, 0.25) is 0 Å². The highest BCUT2D eigenvalue weighted by molar-refractivity contribution is 6.39. The fourth-order valence-corrected chi connectivity index (χ4v) is 3.72. The van der Waals surface area contributed by atoms with E-state index in [1.54, 1.807) is 24.3 Å². The number of nitrogens with one attached hydrogen (secondary N) is 1. The predicted molar refractivity (Wildman–Crippen MR) is 115 cm³/mol. The summed E-state index contributed by atoms with van der Waals surface area (Å²) < 4.78 is 2.06. The van der Waals surface area contributed by atoms with Crippen molar-refractivity contribution in [1.29, 1.82) is 0 Å². The molecule has 0 atom stereocenters. The van der Waals surface area contributed by atoms with Gasteiger partial charge in [0.25, 0.3) is 11.8 Å². The van der Waals surface area contributed by atoms with E-state index in [9.17, 15) is 14.4 Å². The van der Waals surface area contributed by atoms with E-state index in [0.29, 0.717) is 5.69 Å². The molecule has 0 unspecified atom stereocenters. The monoisotopic (exact) mass is 399 g/mol. The van der Waals surface area contributed by atoms with Gasteiger partial charge in [-0.25, -0.2) is 9.69 Å². The molecule has 1 fully saturated rings. The molecular formula is C24H21N3O3. The molecule has 1 aromatic heterocycles. The van der Waals surface area contributed by atoms with Gasteiger partial charge < -0.3 is 4.57 Å². The number of hydrogen-bond donors (Lipinski definition) is 1. The van der Waals surface area contributed by atoms with Gasteiger partial charge in [0.2, 0.25) is 0 Å². The summed E-state index contributed by atoms with van der Waals surface area (Å²) in [5.74, 6) is -1.34. The van der Waals surface area contributed by atoms with Crippen LogP contribution >= 0.6 is 0 Å². The van der Waals surface area contributed by atoms with Crippen molar-refractivity contribution in [2.75, 3.05) is 4.90 Å². The fraction of sp³-hybridized carbons (Fsp3) is 0.125. The number of nitrogens with zero attached hydrogens (tertiary/aromatic N) is 2. The number of para-hydroxylation sites is 1. The molecule has 150 valence electrons. The first-order valence-corrected chi connectivity index (χ1v) is 9.59. The number of benzene rings is 2. The van der Waals surface area contributed by atoms with Crippen LogP contribution in [0.5, 0.6) is 0 Å². The number of aromatic nitrogens is 1. The van der Waals surface area contributed by atoms with Gasteiger partial charge in [-0.15, -0.1) is 0 Å². The van der Waals surface area contributed by atoms with E-state index >= 15 is 0 Å². The number of barbiturate groups is 1. The highest BCUT2D eigenvalue weighted by atomic mass is 16.2. The third-order valence-electron chi connectivity index (χ3n) is 5.15. The zero-order valence-corrected chi connectivity index (χ0v) is 17.0. The lowest BCUT2D eigenvalue weighted by Crippen LogP contribution is -2.54. The van der Waals surface area contributed by atoms with E-state index < -0.39 is 17.8 Å². The van der Waals surface area contributed by atoms with Crippen molar-refractivity contribution < 1.29 is 14.4 Å². The second-order valence-corrected chi connectivity index (χ2v) is 7.29. The van der Waals surface area contributed by atoms with Gasteiger partial charge in [0.1, 0.15) is 5.57 Å². The minimum absolute atomic E-state index is 0.0792. The van der Waals surface area contributed by atoms with Crippen molar-refractivity contribution >= 4 is 29.6 Å². The third kappa shape index (κ3) is 3.33. The standard InChI is InChI=1S/C24H21N3O3/c1-15-8-7-11-20(12-15)27-23(29)21(22(28)25-24(27)30)14-18-13-16(2)26(17(18)3)19-9-5-4-6-10-19/h4-14H,1-3H3,(H,25,28,30)/b21-14+. The van der Waals surface area contributed by atoms with Crippen molar-refractivity contribution in [3.63, 3.8) is 0 Å². The van der Waals surface area contributed by atoms with Gasteiger partial charge in [0.05, 0.1) is 5.69 Å². The Balaban J connectivity index is 1.77. The zero-order chi connectivity index (χ0) is 21.4. The summed E-state index contributed by atoms with van der Waals surface area (Å²) >= 11 is 0. The number of hydrogen-bond acceptors (Lipinski definition) is 3. The number of anilines is 1.